The minimum Gasteiger partial charge on any atom is -0.496 e. The summed E-state index contributed by atoms with van der Waals surface area (Å²) in [4.78, 5) is 12.3. The summed E-state index contributed by atoms with van der Waals surface area (Å²) < 4.78 is 17.3. The van der Waals surface area contributed by atoms with Gasteiger partial charge in [-0.3, -0.25) is 9.19 Å². The molecule has 110 valence electrons. The van der Waals surface area contributed by atoms with Crippen LogP contribution in [-0.4, -0.2) is 32.0 Å². The van der Waals surface area contributed by atoms with Crippen LogP contribution in [-0.2, 0) is 10.8 Å². The lowest BCUT2D eigenvalue weighted by molar-refractivity contribution is 0.415. The maximum absolute atomic E-state index is 11.9. The molecule has 7 heteroatoms. The minimum atomic E-state index is -1.36. The molecule has 0 aliphatic heterocycles. The van der Waals surface area contributed by atoms with Gasteiger partial charge in [0.25, 0.3) is 0 Å². The van der Waals surface area contributed by atoms with Crippen molar-refractivity contribution in [3.05, 3.63) is 36.7 Å². The van der Waals surface area contributed by atoms with Gasteiger partial charge in [-0.15, -0.1) is 0 Å². The number of imidazole rings is 1. The molecule has 0 amide bonds. The molecule has 0 aliphatic rings. The molecule has 0 aliphatic carbocycles. The highest BCUT2D eigenvalue weighted by Gasteiger charge is 2.13. The zero-order chi connectivity index (χ0) is 15.5. The highest BCUT2D eigenvalue weighted by Crippen LogP contribution is 2.31. The van der Waals surface area contributed by atoms with Crippen LogP contribution in [0.4, 0.5) is 0 Å². The van der Waals surface area contributed by atoms with Gasteiger partial charge in [0.05, 0.1) is 46.8 Å². The molecule has 3 rings (SSSR count). The van der Waals surface area contributed by atoms with E-state index < -0.39 is 10.8 Å². The number of hydrogen-bond donors (Lipinski definition) is 1. The Kier molecular flexibility index (Phi) is 3.85. The highest BCUT2D eigenvalue weighted by molar-refractivity contribution is 7.85. The molecule has 2 heterocycles. The first-order valence-corrected chi connectivity index (χ1v) is 7.78. The Hall–Kier alpha value is -2.72. The number of pyridine rings is 1. The van der Waals surface area contributed by atoms with E-state index in [4.69, 9.17) is 10.00 Å². The molecule has 0 saturated carbocycles. The molecule has 0 saturated heterocycles. The first-order valence-electron chi connectivity index (χ1n) is 6.46. The third kappa shape index (κ3) is 2.56. The van der Waals surface area contributed by atoms with E-state index in [0.29, 0.717) is 16.5 Å². The minimum absolute atomic E-state index is 0.0428. The van der Waals surface area contributed by atoms with Crippen molar-refractivity contribution < 1.29 is 8.95 Å². The Morgan fingerprint density at radius 3 is 3.00 bits per heavy atom. The topological polar surface area (TPSA) is 91.7 Å². The van der Waals surface area contributed by atoms with E-state index in [-0.39, 0.29) is 5.75 Å². The van der Waals surface area contributed by atoms with Crippen LogP contribution in [0.5, 0.6) is 5.75 Å². The van der Waals surface area contributed by atoms with Gasteiger partial charge in [-0.2, -0.15) is 5.26 Å². The van der Waals surface area contributed by atoms with Crippen molar-refractivity contribution in [1.82, 2.24) is 15.0 Å². The van der Waals surface area contributed by atoms with Crippen LogP contribution >= 0.6 is 0 Å². The summed E-state index contributed by atoms with van der Waals surface area (Å²) in [6, 6.07) is 8.90. The summed E-state index contributed by atoms with van der Waals surface area (Å²) in [6.45, 7) is 0. The van der Waals surface area contributed by atoms with Gasteiger partial charge >= 0.3 is 0 Å². The molecular weight excluding hydrogens is 300 g/mol. The van der Waals surface area contributed by atoms with Gasteiger partial charge in [-0.25, -0.2) is 4.98 Å². The number of ether oxygens (including phenoxy) is 1. The van der Waals surface area contributed by atoms with Crippen LogP contribution in [0.2, 0.25) is 0 Å². The first kappa shape index (κ1) is 14.2. The number of nitrogens with one attached hydrogen (secondary N) is 1. The van der Waals surface area contributed by atoms with Gasteiger partial charge in [0.15, 0.2) is 0 Å². The Labute approximate surface area is 129 Å². The van der Waals surface area contributed by atoms with E-state index in [1.165, 1.54) is 0 Å². The molecule has 1 N–H and O–H groups in total. The number of aromatic nitrogens is 3. The fourth-order valence-corrected chi connectivity index (χ4v) is 2.88. The Balaban J connectivity index is 2.07. The van der Waals surface area contributed by atoms with Crippen LogP contribution in [0.15, 0.2) is 41.6 Å². The second-order valence-electron chi connectivity index (χ2n) is 4.49. The number of aromatic amines is 1. The molecule has 2 aromatic heterocycles. The van der Waals surface area contributed by atoms with Crippen LogP contribution in [0.3, 0.4) is 0 Å². The van der Waals surface area contributed by atoms with E-state index in [2.05, 4.69) is 15.0 Å². The average Bonchev–Trinajstić information content (AvgIpc) is 2.98. The smallest absolute Gasteiger partial charge is 0.142 e. The van der Waals surface area contributed by atoms with Gasteiger partial charge in [0.1, 0.15) is 17.3 Å². The first-order chi connectivity index (χ1) is 10.7. The van der Waals surface area contributed by atoms with Crippen LogP contribution in [0, 0.1) is 11.3 Å². The third-order valence-electron chi connectivity index (χ3n) is 3.17. The SMILES string of the molecule is COc1cc(S(=O)CC#N)ccc1-c1nc2ccncc2[nH]1. The molecule has 0 spiro atoms. The molecule has 0 fully saturated rings. The normalized spacial score (nSPS) is 12.0. The lowest BCUT2D eigenvalue weighted by Crippen LogP contribution is -1.97. The maximum atomic E-state index is 11.9. The zero-order valence-electron chi connectivity index (χ0n) is 11.7. The molecule has 1 aromatic carbocycles. The van der Waals surface area contributed by atoms with E-state index >= 15 is 0 Å². The van der Waals surface area contributed by atoms with Crippen molar-refractivity contribution in [1.29, 1.82) is 5.26 Å². The molecule has 1 unspecified atom stereocenters. The van der Waals surface area contributed by atoms with Crippen molar-refractivity contribution in [2.75, 3.05) is 12.9 Å². The number of nitriles is 1. The second kappa shape index (κ2) is 5.95. The molecular formula is C15H12N4O2S. The fraction of sp³-hybridized carbons (Fsp3) is 0.133. The predicted molar refractivity (Wildman–Crippen MR) is 82.8 cm³/mol. The summed E-state index contributed by atoms with van der Waals surface area (Å²) in [7, 11) is 0.185. The van der Waals surface area contributed by atoms with Crippen LogP contribution in [0.1, 0.15) is 0 Å². The molecule has 1 atom stereocenters. The standard InChI is InChI=1S/C15H12N4O2S/c1-21-14-8-10(22(20)7-5-16)2-3-11(14)15-18-12-4-6-17-9-13(12)19-15/h2-4,6,8-9H,7H2,1H3,(H,18,19). The molecule has 0 radical (unpaired) electrons. The number of nitrogens with zero attached hydrogens (tertiary/aromatic N) is 3. The van der Waals surface area contributed by atoms with E-state index in [9.17, 15) is 4.21 Å². The van der Waals surface area contributed by atoms with Gasteiger partial charge in [-0.1, -0.05) is 0 Å². The number of methoxy groups -OCH3 is 1. The lowest BCUT2D eigenvalue weighted by atomic mass is 10.2. The third-order valence-corrected chi connectivity index (χ3v) is 4.34. The number of H-pyrrole nitrogens is 1. The Morgan fingerprint density at radius 2 is 2.27 bits per heavy atom. The molecule has 6 nitrogen and oxygen atoms in total. The maximum Gasteiger partial charge on any atom is 0.142 e. The highest BCUT2D eigenvalue weighted by atomic mass is 32.2. The number of benzene rings is 1. The molecule has 0 bridgehead atoms. The van der Waals surface area contributed by atoms with Crippen molar-refractivity contribution >= 4 is 21.8 Å². The van der Waals surface area contributed by atoms with E-state index in [0.717, 1.165) is 16.6 Å². The zero-order valence-corrected chi connectivity index (χ0v) is 12.6. The number of rotatable bonds is 4. The Bertz CT molecular complexity index is 865. The molecule has 3 aromatic rings. The van der Waals surface area contributed by atoms with Gasteiger partial charge in [0, 0.05) is 11.1 Å². The van der Waals surface area contributed by atoms with Crippen LogP contribution < -0.4 is 4.74 Å². The van der Waals surface area contributed by atoms with Gasteiger partial charge < -0.3 is 9.72 Å². The Morgan fingerprint density at radius 1 is 1.41 bits per heavy atom. The van der Waals surface area contributed by atoms with Gasteiger partial charge in [-0.05, 0) is 24.3 Å². The number of hydrogen-bond acceptors (Lipinski definition) is 5. The van der Waals surface area contributed by atoms with Crippen molar-refractivity contribution in [3.63, 3.8) is 0 Å². The van der Waals surface area contributed by atoms with Crippen molar-refractivity contribution in [2.45, 2.75) is 4.90 Å². The van der Waals surface area contributed by atoms with Crippen molar-refractivity contribution in [3.8, 4) is 23.2 Å². The summed E-state index contributed by atoms with van der Waals surface area (Å²) in [5, 5.41) is 8.64. The average molecular weight is 312 g/mol. The monoisotopic (exact) mass is 312 g/mol. The quantitative estimate of drug-likeness (QED) is 0.798. The molecule has 22 heavy (non-hydrogen) atoms. The van der Waals surface area contributed by atoms with Crippen LogP contribution in [0.25, 0.3) is 22.4 Å². The predicted octanol–water partition coefficient (Wildman–Crippen LogP) is 2.26. The number of fused-ring (bicyclic) bond motifs is 1. The second-order valence-corrected chi connectivity index (χ2v) is 5.94. The summed E-state index contributed by atoms with van der Waals surface area (Å²) in [5.74, 6) is 1.16. The summed E-state index contributed by atoms with van der Waals surface area (Å²) >= 11 is 0. The van der Waals surface area contributed by atoms with Gasteiger partial charge in [0.2, 0.25) is 0 Å². The van der Waals surface area contributed by atoms with E-state index in [1.807, 2.05) is 12.1 Å². The van der Waals surface area contributed by atoms with Crippen molar-refractivity contribution in [2.24, 2.45) is 0 Å². The lowest BCUT2D eigenvalue weighted by Gasteiger charge is -2.08. The summed E-state index contributed by atoms with van der Waals surface area (Å²) in [5.41, 5.74) is 2.40. The summed E-state index contributed by atoms with van der Waals surface area (Å²) in [6.07, 6.45) is 3.38. The largest absolute Gasteiger partial charge is 0.496 e. The van der Waals surface area contributed by atoms with E-state index in [1.54, 1.807) is 37.7 Å². The fourth-order valence-electron chi connectivity index (χ4n) is 2.14.